The molecule has 0 aliphatic rings. The number of nitrogens with two attached hydrogens (primary N) is 3. The Hall–Kier alpha value is -1.26. The Balaban J connectivity index is 0.000000527. The van der Waals surface area contributed by atoms with Crippen molar-refractivity contribution in [3.8, 4) is 0 Å². The fourth-order valence-electron chi connectivity index (χ4n) is 2.18. The van der Waals surface area contributed by atoms with Gasteiger partial charge in [-0.05, 0) is 94.4 Å². The first-order valence-corrected chi connectivity index (χ1v) is 20.2. The van der Waals surface area contributed by atoms with Crippen LogP contribution in [0.2, 0.25) is 0 Å². The Bertz CT molecular complexity index is 1370. The summed E-state index contributed by atoms with van der Waals surface area (Å²) in [6.45, 7) is 5.21. The Labute approximate surface area is 262 Å². The third-order valence-electron chi connectivity index (χ3n) is 3.79. The van der Waals surface area contributed by atoms with E-state index in [-0.39, 0.29) is 12.3 Å². The first-order valence-electron chi connectivity index (χ1n) is 11.3. The highest BCUT2D eigenvalue weighted by Gasteiger charge is 2.19. The maximum absolute atomic E-state index is 10.8. The summed E-state index contributed by atoms with van der Waals surface area (Å²) in [7, 11) is -10.6. The van der Waals surface area contributed by atoms with E-state index in [9.17, 15) is 30.0 Å². The largest absolute Gasteiger partial charge is 0.459 e. The average Bonchev–Trinajstić information content (AvgIpc) is 3.58. The number of hydrogen-bond acceptors (Lipinski definition) is 11. The molecule has 19 heteroatoms. The zero-order chi connectivity index (χ0) is 31.7. The molecule has 0 aliphatic carbocycles. The predicted octanol–water partition coefficient (Wildman–Crippen LogP) is 2.88. The van der Waals surface area contributed by atoms with Crippen LogP contribution in [-0.4, -0.2) is 48.3 Å². The van der Waals surface area contributed by atoms with Gasteiger partial charge < -0.3 is 4.74 Å². The maximum atomic E-state index is 10.8. The fourth-order valence-corrected chi connectivity index (χ4v) is 6.06. The van der Waals surface area contributed by atoms with Crippen LogP contribution in [0.25, 0.3) is 0 Å². The number of carbonyl (C=O) groups excluding carboxylic acids is 1. The zero-order valence-electron chi connectivity index (χ0n) is 22.6. The summed E-state index contributed by atoms with van der Waals surface area (Å²) in [5.74, 6) is -1.57. The summed E-state index contributed by atoms with van der Waals surface area (Å²) in [4.78, 5) is 10.8. The molecule has 234 valence electrons. The SMILES string of the molecule is BrCc1ccsc1.CC(C)(C)OC(=O)CS(N)(=O)=O.NS(=O)(=O)CCc1ccsc1.NS(=O)(=O)NCc1ccsc1. The van der Waals surface area contributed by atoms with E-state index < -0.39 is 47.6 Å². The molecule has 0 atom stereocenters. The van der Waals surface area contributed by atoms with Gasteiger partial charge in [0.15, 0.2) is 5.75 Å². The molecule has 3 aromatic rings. The van der Waals surface area contributed by atoms with Gasteiger partial charge in [0.2, 0.25) is 20.0 Å². The van der Waals surface area contributed by atoms with Gasteiger partial charge in [-0.1, -0.05) is 15.9 Å². The molecule has 7 N–H and O–H groups in total. The Morgan fingerprint density at radius 3 is 1.61 bits per heavy atom. The number of rotatable bonds is 9. The quantitative estimate of drug-likeness (QED) is 0.188. The van der Waals surface area contributed by atoms with Crippen LogP contribution in [0.5, 0.6) is 0 Å². The van der Waals surface area contributed by atoms with Crippen molar-refractivity contribution in [1.82, 2.24) is 4.72 Å². The van der Waals surface area contributed by atoms with Crippen molar-refractivity contribution in [2.45, 2.75) is 44.7 Å². The molecule has 0 spiro atoms. The molecule has 12 nitrogen and oxygen atoms in total. The predicted molar refractivity (Wildman–Crippen MR) is 171 cm³/mol. The molecular weight excluding hydrogens is 721 g/mol. The number of nitrogens with one attached hydrogen (secondary N) is 1. The van der Waals surface area contributed by atoms with E-state index in [0.29, 0.717) is 6.42 Å². The van der Waals surface area contributed by atoms with Gasteiger partial charge >= 0.3 is 5.97 Å². The lowest BCUT2D eigenvalue weighted by Gasteiger charge is -2.18. The fraction of sp³-hybridized carbons (Fsp3) is 0.409. The van der Waals surface area contributed by atoms with Crippen LogP contribution >= 0.6 is 49.9 Å². The molecule has 0 saturated heterocycles. The number of aryl methyl sites for hydroxylation is 1. The lowest BCUT2D eigenvalue weighted by Crippen LogP contribution is -2.31. The molecule has 3 aromatic heterocycles. The van der Waals surface area contributed by atoms with E-state index in [2.05, 4.69) is 42.6 Å². The van der Waals surface area contributed by atoms with E-state index in [1.54, 1.807) is 43.4 Å². The van der Waals surface area contributed by atoms with Crippen molar-refractivity contribution >= 4 is 86.2 Å². The number of carbonyl (C=O) groups is 1. The summed E-state index contributed by atoms with van der Waals surface area (Å²) in [6.07, 6.45) is 0.516. The minimum atomic E-state index is -3.77. The van der Waals surface area contributed by atoms with Crippen LogP contribution in [0.4, 0.5) is 0 Å². The lowest BCUT2D eigenvalue weighted by atomic mass is 10.2. The monoisotopic (exact) mass is 754 g/mol. The number of esters is 1. The van der Waals surface area contributed by atoms with Crippen molar-refractivity contribution in [3.63, 3.8) is 0 Å². The van der Waals surface area contributed by atoms with Gasteiger partial charge in [-0.25, -0.2) is 32.3 Å². The van der Waals surface area contributed by atoms with Gasteiger partial charge in [0, 0.05) is 11.9 Å². The summed E-state index contributed by atoms with van der Waals surface area (Å²) in [6, 6.07) is 5.85. The van der Waals surface area contributed by atoms with Crippen LogP contribution in [0.1, 0.15) is 37.5 Å². The van der Waals surface area contributed by atoms with Gasteiger partial charge in [0.05, 0.1) is 5.75 Å². The van der Waals surface area contributed by atoms with Crippen LogP contribution < -0.4 is 20.1 Å². The number of alkyl halides is 1. The van der Waals surface area contributed by atoms with E-state index in [1.165, 1.54) is 16.9 Å². The van der Waals surface area contributed by atoms with Crippen molar-refractivity contribution in [1.29, 1.82) is 0 Å². The van der Waals surface area contributed by atoms with Crippen molar-refractivity contribution in [2.75, 3.05) is 11.5 Å². The molecule has 0 fully saturated rings. The third-order valence-corrected chi connectivity index (χ3v) is 8.59. The Kier molecular flexibility index (Phi) is 18.5. The third kappa shape index (κ3) is 27.3. The van der Waals surface area contributed by atoms with Crippen molar-refractivity contribution in [3.05, 3.63) is 67.2 Å². The molecule has 0 bridgehead atoms. The molecule has 0 amide bonds. The highest BCUT2D eigenvalue weighted by atomic mass is 79.9. The van der Waals surface area contributed by atoms with E-state index in [4.69, 9.17) is 15.0 Å². The van der Waals surface area contributed by atoms with Crippen molar-refractivity contribution in [2.24, 2.45) is 15.4 Å². The van der Waals surface area contributed by atoms with Crippen LogP contribution in [-0.2, 0) is 58.1 Å². The minimum Gasteiger partial charge on any atom is -0.459 e. The van der Waals surface area contributed by atoms with Crippen LogP contribution in [0, 0.1) is 0 Å². The maximum Gasteiger partial charge on any atom is 0.323 e. The molecule has 0 radical (unpaired) electrons. The standard InChI is InChI=1S/C6H13NO4S.C6H9NO2S2.C5H5BrS.C5H8N2O2S2/c1-6(2,3)11-5(8)4-12(7,9)10;7-11(8,9)4-2-6-1-3-10-5-6;6-3-5-1-2-7-4-5;6-11(8,9)7-3-5-1-2-10-4-5/h4H2,1-3H3,(H2,7,9,10);1,3,5H,2,4H2,(H2,7,8,9);1-2,4H,3H2;1-2,4,7H,3H2,(H2,6,8,9). The number of ether oxygens (including phenoxy) is 1. The molecule has 0 aliphatic heterocycles. The summed E-state index contributed by atoms with van der Waals surface area (Å²) < 4.78 is 69.5. The summed E-state index contributed by atoms with van der Waals surface area (Å²) in [5.41, 5.74) is 2.64. The Morgan fingerprint density at radius 1 is 0.829 bits per heavy atom. The van der Waals surface area contributed by atoms with Crippen molar-refractivity contribution < 1.29 is 34.8 Å². The molecule has 41 heavy (non-hydrogen) atoms. The second-order valence-corrected chi connectivity index (χ2v) is 16.5. The van der Waals surface area contributed by atoms with E-state index in [1.807, 2.05) is 33.7 Å². The van der Waals surface area contributed by atoms with Gasteiger partial charge in [-0.3, -0.25) is 4.79 Å². The van der Waals surface area contributed by atoms with Gasteiger partial charge in [-0.15, -0.1) is 0 Å². The average molecular weight is 756 g/mol. The highest BCUT2D eigenvalue weighted by molar-refractivity contribution is 9.08. The minimum absolute atomic E-state index is 0.0315. The van der Waals surface area contributed by atoms with Gasteiger partial charge in [-0.2, -0.15) is 47.2 Å². The first-order chi connectivity index (χ1) is 18.7. The smallest absolute Gasteiger partial charge is 0.323 e. The van der Waals surface area contributed by atoms with E-state index in [0.717, 1.165) is 16.5 Å². The number of primary sulfonamides is 2. The molecule has 3 heterocycles. The molecule has 3 rings (SSSR count). The number of thiophene rings is 3. The Morgan fingerprint density at radius 2 is 1.29 bits per heavy atom. The molecule has 0 saturated carbocycles. The second-order valence-electron chi connectivity index (χ2n) is 8.91. The number of sulfonamides is 2. The summed E-state index contributed by atoms with van der Waals surface area (Å²) >= 11 is 8.15. The van der Waals surface area contributed by atoms with Crippen LogP contribution in [0.3, 0.4) is 0 Å². The zero-order valence-corrected chi connectivity index (χ0v) is 29.0. The topological polar surface area (TPSA) is 219 Å². The number of halogens is 1. The number of hydrogen-bond donors (Lipinski definition) is 4. The van der Waals surface area contributed by atoms with Gasteiger partial charge in [0.25, 0.3) is 10.2 Å². The van der Waals surface area contributed by atoms with Gasteiger partial charge in [0.1, 0.15) is 5.60 Å². The first kappa shape index (κ1) is 39.7. The molecule has 0 unspecified atom stereocenters. The normalized spacial score (nSPS) is 11.6. The van der Waals surface area contributed by atoms with E-state index >= 15 is 0 Å². The highest BCUT2D eigenvalue weighted by Crippen LogP contribution is 2.09. The van der Waals surface area contributed by atoms with Crippen LogP contribution in [0.15, 0.2) is 50.5 Å². The molecule has 0 aromatic carbocycles. The summed E-state index contributed by atoms with van der Waals surface area (Å²) in [5, 5.41) is 26.9. The molecular formula is C22H35BrN4O8S6. The second kappa shape index (κ2) is 19.1. The lowest BCUT2D eigenvalue weighted by molar-refractivity contribution is -0.151.